The van der Waals surface area contributed by atoms with E-state index in [1.165, 1.54) is 32.8 Å². The third-order valence-electron chi connectivity index (χ3n) is 6.08. The summed E-state index contributed by atoms with van der Waals surface area (Å²) in [4.78, 5) is 2.41. The number of nitrogens with zero attached hydrogens (tertiary/aromatic N) is 3. The van der Waals surface area contributed by atoms with Crippen molar-refractivity contribution >= 4 is 21.5 Å². The van der Waals surface area contributed by atoms with Crippen LogP contribution in [0.15, 0.2) is 53.4 Å². The molecule has 1 aromatic heterocycles. The first-order valence-corrected chi connectivity index (χ1v) is 12.7. The molecule has 1 fully saturated rings. The Labute approximate surface area is 195 Å². The molecule has 0 aliphatic carbocycles. The van der Waals surface area contributed by atoms with Gasteiger partial charge in [0.05, 0.1) is 12.8 Å². The minimum atomic E-state index is -3.80. The van der Waals surface area contributed by atoms with Crippen molar-refractivity contribution in [3.63, 3.8) is 0 Å². The number of nitrogens with one attached hydrogen (secondary N) is 1. The number of methoxy groups -OCH3 is 1. The number of anilines is 2. The Balaban J connectivity index is 1.50. The van der Waals surface area contributed by atoms with E-state index in [1.54, 1.807) is 24.3 Å². The first kappa shape index (κ1) is 23.0. The van der Waals surface area contributed by atoms with Crippen LogP contribution in [0.5, 0.6) is 5.75 Å². The zero-order valence-corrected chi connectivity index (χ0v) is 20.2. The molecule has 7 nitrogen and oxygen atoms in total. The van der Waals surface area contributed by atoms with Crippen molar-refractivity contribution in [1.29, 1.82) is 0 Å². The minimum absolute atomic E-state index is 0.118. The quantitative estimate of drug-likeness (QED) is 0.553. The molecule has 2 heterocycles. The second kappa shape index (κ2) is 9.79. The molecule has 1 aliphatic rings. The van der Waals surface area contributed by atoms with Crippen molar-refractivity contribution in [1.82, 2.24) is 10.2 Å². The summed E-state index contributed by atoms with van der Waals surface area (Å²) in [6, 6.07) is 14.5. The van der Waals surface area contributed by atoms with E-state index in [9.17, 15) is 8.42 Å². The van der Waals surface area contributed by atoms with Gasteiger partial charge in [-0.05, 0) is 74.2 Å². The van der Waals surface area contributed by atoms with Crippen LogP contribution >= 0.6 is 0 Å². The zero-order chi connectivity index (χ0) is 23.4. The average Bonchev–Trinajstić information content (AvgIpc) is 3.10. The van der Waals surface area contributed by atoms with Gasteiger partial charge in [0.15, 0.2) is 5.82 Å². The van der Waals surface area contributed by atoms with Gasteiger partial charge in [-0.2, -0.15) is 0 Å². The molecule has 0 atom stereocenters. The summed E-state index contributed by atoms with van der Waals surface area (Å²) in [5, 5.41) is 8.83. The van der Waals surface area contributed by atoms with E-state index >= 15 is 0 Å². The number of rotatable bonds is 6. The Hall–Kier alpha value is -3.13. The molecule has 0 saturated carbocycles. The van der Waals surface area contributed by atoms with Gasteiger partial charge in [0.2, 0.25) is 0 Å². The molecule has 1 saturated heterocycles. The van der Waals surface area contributed by atoms with Crippen LogP contribution in [-0.2, 0) is 10.0 Å². The number of hydrogen-bond acceptors (Lipinski definition) is 6. The van der Waals surface area contributed by atoms with Crippen LogP contribution in [0.4, 0.5) is 11.5 Å². The first-order valence-electron chi connectivity index (χ1n) is 11.2. The lowest BCUT2D eigenvalue weighted by Crippen LogP contribution is -2.25. The highest BCUT2D eigenvalue weighted by atomic mass is 32.2. The molecular formula is C25H30N4O3S. The molecule has 0 amide bonds. The molecule has 0 radical (unpaired) electrons. The summed E-state index contributed by atoms with van der Waals surface area (Å²) in [7, 11) is -2.33. The van der Waals surface area contributed by atoms with Crippen LogP contribution in [-0.4, -0.2) is 38.8 Å². The van der Waals surface area contributed by atoms with Crippen LogP contribution in [0, 0.1) is 13.8 Å². The number of benzene rings is 2. The molecule has 1 N–H and O–H groups in total. The molecule has 0 unspecified atom stereocenters. The molecule has 3 aromatic rings. The molecule has 174 valence electrons. The number of hydrogen-bond donors (Lipinski definition) is 1. The summed E-state index contributed by atoms with van der Waals surface area (Å²) in [6.07, 6.45) is 4.92. The Morgan fingerprint density at radius 3 is 2.15 bits per heavy atom. The maximum absolute atomic E-state index is 13.0. The van der Waals surface area contributed by atoms with Crippen molar-refractivity contribution in [2.75, 3.05) is 29.8 Å². The zero-order valence-electron chi connectivity index (χ0n) is 19.3. The van der Waals surface area contributed by atoms with E-state index in [0.29, 0.717) is 11.4 Å². The van der Waals surface area contributed by atoms with Gasteiger partial charge in [-0.1, -0.05) is 25.0 Å². The van der Waals surface area contributed by atoms with Gasteiger partial charge in [0, 0.05) is 24.3 Å². The fraction of sp³-hybridized carbons (Fsp3) is 0.360. The van der Waals surface area contributed by atoms with Crippen molar-refractivity contribution in [2.24, 2.45) is 0 Å². The molecular weight excluding hydrogens is 436 g/mol. The summed E-state index contributed by atoms with van der Waals surface area (Å²) >= 11 is 0. The van der Waals surface area contributed by atoms with Crippen molar-refractivity contribution in [3.05, 3.63) is 59.7 Å². The van der Waals surface area contributed by atoms with E-state index < -0.39 is 10.0 Å². The molecule has 0 bridgehead atoms. The van der Waals surface area contributed by atoms with Crippen LogP contribution in [0.1, 0.15) is 36.8 Å². The van der Waals surface area contributed by atoms with Gasteiger partial charge >= 0.3 is 0 Å². The van der Waals surface area contributed by atoms with Crippen molar-refractivity contribution < 1.29 is 13.2 Å². The Morgan fingerprint density at radius 2 is 1.55 bits per heavy atom. The van der Waals surface area contributed by atoms with E-state index in [2.05, 4.69) is 19.8 Å². The lowest BCUT2D eigenvalue weighted by molar-refractivity contribution is 0.402. The lowest BCUT2D eigenvalue weighted by atomic mass is 10.1. The maximum atomic E-state index is 13.0. The normalized spacial score (nSPS) is 14.6. The van der Waals surface area contributed by atoms with Crippen LogP contribution < -0.4 is 14.4 Å². The predicted octanol–water partition coefficient (Wildman–Crippen LogP) is 4.95. The van der Waals surface area contributed by atoms with Crippen LogP contribution in [0.25, 0.3) is 11.3 Å². The van der Waals surface area contributed by atoms with Crippen LogP contribution in [0.2, 0.25) is 0 Å². The predicted molar refractivity (Wildman–Crippen MR) is 131 cm³/mol. The fourth-order valence-corrected chi connectivity index (χ4v) is 5.29. The van der Waals surface area contributed by atoms with Crippen molar-refractivity contribution in [3.8, 4) is 17.0 Å². The molecule has 4 rings (SSSR count). The summed E-state index contributed by atoms with van der Waals surface area (Å²) in [6.45, 7) is 5.84. The second-order valence-electron chi connectivity index (χ2n) is 8.45. The summed E-state index contributed by atoms with van der Waals surface area (Å²) < 4.78 is 33.9. The average molecular weight is 467 g/mol. The number of aryl methyl sites for hydroxylation is 2. The summed E-state index contributed by atoms with van der Waals surface area (Å²) in [5.41, 5.74) is 3.94. The second-order valence-corrected chi connectivity index (χ2v) is 10.1. The first-order chi connectivity index (χ1) is 15.9. The third kappa shape index (κ3) is 5.27. The van der Waals surface area contributed by atoms with Gasteiger partial charge in [0.1, 0.15) is 10.6 Å². The molecule has 8 heteroatoms. The Morgan fingerprint density at radius 1 is 0.879 bits per heavy atom. The van der Waals surface area contributed by atoms with E-state index in [0.717, 1.165) is 41.3 Å². The van der Waals surface area contributed by atoms with Gasteiger partial charge in [-0.25, -0.2) is 8.42 Å². The standard InChI is InChI=1S/C25H30N4O3S/c1-18-16-23(32-3)24(17-19(18)2)33(30,31)28-21-10-8-20(9-11-21)22-12-13-25(27-26-22)29-14-6-4-5-7-15-29/h8-13,16-17,28H,4-7,14-15H2,1-3H3. The Bertz CT molecular complexity index is 1200. The Kier molecular flexibility index (Phi) is 6.83. The largest absolute Gasteiger partial charge is 0.495 e. The minimum Gasteiger partial charge on any atom is -0.495 e. The number of aromatic nitrogens is 2. The van der Waals surface area contributed by atoms with Gasteiger partial charge in [0.25, 0.3) is 10.0 Å². The molecule has 2 aromatic carbocycles. The van der Waals surface area contributed by atoms with E-state index in [1.807, 2.05) is 38.1 Å². The summed E-state index contributed by atoms with van der Waals surface area (Å²) in [5.74, 6) is 1.23. The van der Waals surface area contributed by atoms with Crippen LogP contribution in [0.3, 0.4) is 0 Å². The molecule has 1 aliphatic heterocycles. The van der Waals surface area contributed by atoms with E-state index in [-0.39, 0.29) is 4.90 Å². The highest BCUT2D eigenvalue weighted by molar-refractivity contribution is 7.92. The third-order valence-corrected chi connectivity index (χ3v) is 7.49. The van der Waals surface area contributed by atoms with Gasteiger partial charge < -0.3 is 9.64 Å². The maximum Gasteiger partial charge on any atom is 0.265 e. The topological polar surface area (TPSA) is 84.4 Å². The van der Waals surface area contributed by atoms with E-state index in [4.69, 9.17) is 4.74 Å². The van der Waals surface area contributed by atoms with Crippen molar-refractivity contribution in [2.45, 2.75) is 44.4 Å². The monoisotopic (exact) mass is 466 g/mol. The number of ether oxygens (including phenoxy) is 1. The molecule has 0 spiro atoms. The fourth-order valence-electron chi connectivity index (χ4n) is 4.00. The highest BCUT2D eigenvalue weighted by Gasteiger charge is 2.21. The SMILES string of the molecule is COc1cc(C)c(C)cc1S(=O)(=O)Nc1ccc(-c2ccc(N3CCCCCC3)nn2)cc1. The number of sulfonamides is 1. The van der Waals surface area contributed by atoms with Gasteiger partial charge in [-0.15, -0.1) is 10.2 Å². The lowest BCUT2D eigenvalue weighted by Gasteiger charge is -2.20. The molecule has 33 heavy (non-hydrogen) atoms. The highest BCUT2D eigenvalue weighted by Crippen LogP contribution is 2.29. The van der Waals surface area contributed by atoms with Gasteiger partial charge in [-0.3, -0.25) is 4.72 Å². The smallest absolute Gasteiger partial charge is 0.265 e.